The average Bonchev–Trinajstić information content (AvgIpc) is 2.59. The van der Waals surface area contributed by atoms with Crippen molar-refractivity contribution in [1.82, 2.24) is 0 Å². The molecule has 120 valence electrons. The Kier molecular flexibility index (Phi) is 4.07. The molecule has 0 aliphatic carbocycles. The van der Waals surface area contributed by atoms with Crippen molar-refractivity contribution in [2.75, 3.05) is 0 Å². The summed E-state index contributed by atoms with van der Waals surface area (Å²) in [5, 5.41) is 11.5. The molecule has 0 saturated heterocycles. The number of fused-ring (bicyclic) bond motifs is 1. The maximum Gasteiger partial charge on any atom is 0.351 e. The Morgan fingerprint density at radius 2 is 1.83 bits per heavy atom. The smallest absolute Gasteiger partial charge is 0.351 e. The summed E-state index contributed by atoms with van der Waals surface area (Å²) in [5.74, 6) is -0.896. The Morgan fingerprint density at radius 3 is 2.62 bits per heavy atom. The van der Waals surface area contributed by atoms with Crippen LogP contribution in [0.2, 0.25) is 0 Å². The Morgan fingerprint density at radius 1 is 1.12 bits per heavy atom. The number of hydrogen-bond acceptors (Lipinski definition) is 6. The molecule has 7 nitrogen and oxygen atoms in total. The Labute approximate surface area is 135 Å². The zero-order valence-electron chi connectivity index (χ0n) is 12.3. The molecule has 0 unspecified atom stereocenters. The molecule has 2 aromatic carbocycles. The molecule has 0 bridgehead atoms. The van der Waals surface area contributed by atoms with Crippen molar-refractivity contribution < 1.29 is 18.9 Å². The van der Waals surface area contributed by atoms with Gasteiger partial charge in [-0.25, -0.2) is 9.59 Å². The molecule has 3 rings (SSSR count). The monoisotopic (exact) mass is 325 g/mol. The number of benzene rings is 2. The lowest BCUT2D eigenvalue weighted by Gasteiger charge is -2.05. The van der Waals surface area contributed by atoms with Crippen LogP contribution in [0.3, 0.4) is 0 Å². The van der Waals surface area contributed by atoms with Crippen molar-refractivity contribution in [2.45, 2.75) is 6.61 Å². The second kappa shape index (κ2) is 6.33. The number of rotatable bonds is 4. The Hall–Kier alpha value is -3.48. The number of nitrogens with zero attached hydrogens (tertiary/aromatic N) is 1. The van der Waals surface area contributed by atoms with Crippen LogP contribution in [0, 0.1) is 10.1 Å². The van der Waals surface area contributed by atoms with Gasteiger partial charge in [-0.05, 0) is 18.2 Å². The minimum atomic E-state index is -0.896. The van der Waals surface area contributed by atoms with E-state index in [1.807, 2.05) is 0 Å². The number of esters is 1. The van der Waals surface area contributed by atoms with Crippen LogP contribution in [0.15, 0.2) is 63.8 Å². The van der Waals surface area contributed by atoms with E-state index >= 15 is 0 Å². The summed E-state index contributed by atoms with van der Waals surface area (Å²) in [4.78, 5) is 34.4. The van der Waals surface area contributed by atoms with Gasteiger partial charge in [-0.3, -0.25) is 10.1 Å². The third-order valence-electron chi connectivity index (χ3n) is 3.41. The van der Waals surface area contributed by atoms with Crippen molar-refractivity contribution >= 4 is 22.6 Å². The molecule has 7 heteroatoms. The number of nitro groups is 1. The first-order valence-electron chi connectivity index (χ1n) is 6.98. The highest BCUT2D eigenvalue weighted by Gasteiger charge is 2.18. The third-order valence-corrected chi connectivity index (χ3v) is 3.41. The quantitative estimate of drug-likeness (QED) is 0.316. The van der Waals surface area contributed by atoms with E-state index in [0.29, 0.717) is 11.0 Å². The molecule has 0 saturated carbocycles. The molecule has 0 amide bonds. The van der Waals surface area contributed by atoms with Gasteiger partial charge < -0.3 is 9.15 Å². The highest BCUT2D eigenvalue weighted by Crippen LogP contribution is 2.19. The lowest BCUT2D eigenvalue weighted by Crippen LogP contribution is -2.16. The van der Waals surface area contributed by atoms with Crippen LogP contribution < -0.4 is 5.63 Å². The van der Waals surface area contributed by atoms with Crippen molar-refractivity contribution in [3.8, 4) is 0 Å². The fraction of sp³-hybridized carbons (Fsp3) is 0.0588. The van der Waals surface area contributed by atoms with Crippen LogP contribution in [0.4, 0.5) is 5.69 Å². The van der Waals surface area contributed by atoms with E-state index in [1.165, 1.54) is 24.3 Å². The van der Waals surface area contributed by atoms with Gasteiger partial charge in [0.25, 0.3) is 5.69 Å². The van der Waals surface area contributed by atoms with E-state index in [4.69, 9.17) is 9.15 Å². The van der Waals surface area contributed by atoms with E-state index in [-0.39, 0.29) is 23.4 Å². The van der Waals surface area contributed by atoms with Crippen molar-refractivity contribution in [3.05, 3.63) is 86.3 Å². The first-order valence-corrected chi connectivity index (χ1v) is 6.98. The number of carbonyl (C=O) groups excluding carboxylic acids is 1. The zero-order valence-corrected chi connectivity index (χ0v) is 12.3. The van der Waals surface area contributed by atoms with E-state index in [2.05, 4.69) is 0 Å². The van der Waals surface area contributed by atoms with Gasteiger partial charge in [-0.2, -0.15) is 0 Å². The molecule has 0 aliphatic heterocycles. The third kappa shape index (κ3) is 3.00. The van der Waals surface area contributed by atoms with Crippen molar-refractivity contribution in [1.29, 1.82) is 0 Å². The van der Waals surface area contributed by atoms with Gasteiger partial charge in [0.05, 0.1) is 10.5 Å². The summed E-state index contributed by atoms with van der Waals surface area (Å²) < 4.78 is 10.1. The molecule has 24 heavy (non-hydrogen) atoms. The SMILES string of the molecule is O=C(OCc1ccccc1[N+](=O)[O-])c1cc2ccccc2oc1=O. The molecule has 1 heterocycles. The minimum absolute atomic E-state index is 0.157. The van der Waals surface area contributed by atoms with Gasteiger partial charge in [0.15, 0.2) is 0 Å². The van der Waals surface area contributed by atoms with Crippen molar-refractivity contribution in [3.63, 3.8) is 0 Å². The molecular weight excluding hydrogens is 314 g/mol. The molecule has 0 fully saturated rings. The highest BCUT2D eigenvalue weighted by molar-refractivity contribution is 5.92. The molecular formula is C17H11NO6. The van der Waals surface area contributed by atoms with Crippen LogP contribution in [-0.2, 0) is 11.3 Å². The molecule has 0 atom stereocenters. The number of hydrogen-bond donors (Lipinski definition) is 0. The largest absolute Gasteiger partial charge is 0.457 e. The summed E-state index contributed by atoms with van der Waals surface area (Å²) >= 11 is 0. The molecule has 0 N–H and O–H groups in total. The Bertz CT molecular complexity index is 992. The molecule has 0 spiro atoms. The Balaban J connectivity index is 1.85. The summed E-state index contributed by atoms with van der Waals surface area (Å²) in [6, 6.07) is 14.0. The maximum absolute atomic E-state index is 12.1. The summed E-state index contributed by atoms with van der Waals surface area (Å²) in [5.41, 5.74) is -0.636. The van der Waals surface area contributed by atoms with E-state index in [1.54, 1.807) is 30.3 Å². The van der Waals surface area contributed by atoms with Crippen LogP contribution in [0.25, 0.3) is 11.0 Å². The summed E-state index contributed by atoms with van der Waals surface area (Å²) in [7, 11) is 0. The van der Waals surface area contributed by atoms with Crippen LogP contribution in [-0.4, -0.2) is 10.9 Å². The molecule has 0 aliphatic rings. The van der Waals surface area contributed by atoms with E-state index < -0.39 is 16.5 Å². The minimum Gasteiger partial charge on any atom is -0.457 e. The lowest BCUT2D eigenvalue weighted by molar-refractivity contribution is -0.385. The molecule has 0 radical (unpaired) electrons. The first kappa shape index (κ1) is 15.4. The predicted octanol–water partition coefficient (Wildman–Crippen LogP) is 3.06. The normalized spacial score (nSPS) is 10.5. The lowest BCUT2D eigenvalue weighted by atomic mass is 10.2. The number of ether oxygens (including phenoxy) is 1. The van der Waals surface area contributed by atoms with Crippen LogP contribution >= 0.6 is 0 Å². The molecule has 1 aromatic heterocycles. The number of carbonyl (C=O) groups is 1. The van der Waals surface area contributed by atoms with E-state index in [0.717, 1.165) is 0 Å². The predicted molar refractivity (Wildman–Crippen MR) is 84.7 cm³/mol. The number of para-hydroxylation sites is 2. The standard InChI is InChI=1S/C17H11NO6/c19-16(23-10-12-6-1-3-7-14(12)18(21)22)13-9-11-5-2-4-8-15(11)24-17(13)20/h1-9H,10H2. The highest BCUT2D eigenvalue weighted by atomic mass is 16.6. The second-order valence-corrected chi connectivity index (χ2v) is 4.95. The van der Waals surface area contributed by atoms with Gasteiger partial charge in [-0.15, -0.1) is 0 Å². The first-order chi connectivity index (χ1) is 11.6. The second-order valence-electron chi connectivity index (χ2n) is 4.95. The number of nitro benzene ring substituents is 1. The maximum atomic E-state index is 12.1. The average molecular weight is 325 g/mol. The topological polar surface area (TPSA) is 99.7 Å². The van der Waals surface area contributed by atoms with Crippen LogP contribution in [0.1, 0.15) is 15.9 Å². The molecule has 3 aromatic rings. The fourth-order valence-corrected chi connectivity index (χ4v) is 2.24. The van der Waals surface area contributed by atoms with Crippen LogP contribution in [0.5, 0.6) is 0 Å². The van der Waals surface area contributed by atoms with Crippen molar-refractivity contribution in [2.24, 2.45) is 0 Å². The summed E-state index contributed by atoms with van der Waals surface area (Å²) in [6.45, 7) is -0.317. The summed E-state index contributed by atoms with van der Waals surface area (Å²) in [6.07, 6.45) is 0. The zero-order chi connectivity index (χ0) is 17.1. The fourth-order valence-electron chi connectivity index (χ4n) is 2.24. The van der Waals surface area contributed by atoms with Gasteiger partial charge >= 0.3 is 11.6 Å². The van der Waals surface area contributed by atoms with Gasteiger partial charge in [-0.1, -0.05) is 30.3 Å². The van der Waals surface area contributed by atoms with Gasteiger partial charge in [0.2, 0.25) is 0 Å². The van der Waals surface area contributed by atoms with Gasteiger partial charge in [0, 0.05) is 11.5 Å². The van der Waals surface area contributed by atoms with Gasteiger partial charge in [0.1, 0.15) is 17.8 Å². The van der Waals surface area contributed by atoms with E-state index in [9.17, 15) is 19.7 Å².